The van der Waals surface area contributed by atoms with E-state index in [-0.39, 0.29) is 18.3 Å². The van der Waals surface area contributed by atoms with Gasteiger partial charge in [0, 0.05) is 25.6 Å². The lowest BCUT2D eigenvalue weighted by molar-refractivity contribution is -0.384. The van der Waals surface area contributed by atoms with Gasteiger partial charge in [0.2, 0.25) is 0 Å². The number of hydrogen-bond donors (Lipinski definition) is 2. The monoisotopic (exact) mass is 252 g/mol. The third-order valence-electron chi connectivity index (χ3n) is 3.35. The van der Waals surface area contributed by atoms with E-state index in [4.69, 9.17) is 4.74 Å². The van der Waals surface area contributed by atoms with Crippen molar-refractivity contribution < 1.29 is 14.8 Å². The van der Waals surface area contributed by atoms with Crippen molar-refractivity contribution in [2.45, 2.75) is 25.0 Å². The van der Waals surface area contributed by atoms with Crippen LogP contribution in [0, 0.1) is 10.1 Å². The van der Waals surface area contributed by atoms with Crippen LogP contribution in [0.5, 0.6) is 0 Å². The Morgan fingerprint density at radius 2 is 2.33 bits per heavy atom. The molecule has 0 radical (unpaired) electrons. The molecular weight excluding hydrogens is 236 g/mol. The fourth-order valence-electron chi connectivity index (χ4n) is 2.03. The van der Waals surface area contributed by atoms with Crippen molar-refractivity contribution in [1.29, 1.82) is 0 Å². The average Bonchev–Trinajstić information content (AvgIpc) is 2.68. The molecule has 2 N–H and O–H groups in total. The van der Waals surface area contributed by atoms with Crippen LogP contribution in [0.25, 0.3) is 0 Å². The molecule has 0 aliphatic carbocycles. The molecule has 1 aliphatic rings. The standard InChI is InChI=1S/C12H16N2O4/c1-9-12(15,6-7-18-9)8-13-10-4-2-3-5-11(10)14(16)17/h2-5,9,13,15H,6-8H2,1H3. The first-order chi connectivity index (χ1) is 8.53. The van der Waals surface area contributed by atoms with E-state index in [2.05, 4.69) is 5.32 Å². The predicted octanol–water partition coefficient (Wildman–Crippen LogP) is 1.55. The summed E-state index contributed by atoms with van der Waals surface area (Å²) in [6.07, 6.45) is 0.259. The maximum atomic E-state index is 10.8. The van der Waals surface area contributed by atoms with Crippen molar-refractivity contribution in [2.24, 2.45) is 0 Å². The number of rotatable bonds is 4. The van der Waals surface area contributed by atoms with Gasteiger partial charge in [-0.3, -0.25) is 10.1 Å². The highest BCUT2D eigenvalue weighted by Crippen LogP contribution is 2.28. The van der Waals surface area contributed by atoms with Crippen LogP contribution in [0.2, 0.25) is 0 Å². The van der Waals surface area contributed by atoms with Gasteiger partial charge in [-0.05, 0) is 13.0 Å². The highest BCUT2D eigenvalue weighted by atomic mass is 16.6. The zero-order chi connectivity index (χ0) is 13.2. The van der Waals surface area contributed by atoms with Gasteiger partial charge in [-0.2, -0.15) is 0 Å². The predicted molar refractivity (Wildman–Crippen MR) is 66.6 cm³/mol. The second-order valence-electron chi connectivity index (χ2n) is 4.49. The molecule has 0 aromatic heterocycles. The van der Waals surface area contributed by atoms with Crippen LogP contribution in [0.15, 0.2) is 24.3 Å². The SMILES string of the molecule is CC1OCCC1(O)CNc1ccccc1[N+](=O)[O-]. The van der Waals surface area contributed by atoms with Gasteiger partial charge in [-0.25, -0.2) is 0 Å². The number of nitrogens with zero attached hydrogens (tertiary/aromatic N) is 1. The van der Waals surface area contributed by atoms with E-state index in [0.29, 0.717) is 18.7 Å². The third-order valence-corrected chi connectivity index (χ3v) is 3.35. The summed E-state index contributed by atoms with van der Waals surface area (Å²) in [5, 5.41) is 24.1. The Balaban J connectivity index is 2.09. The van der Waals surface area contributed by atoms with Gasteiger partial charge >= 0.3 is 0 Å². The summed E-state index contributed by atoms with van der Waals surface area (Å²) in [6.45, 7) is 2.54. The molecule has 6 nitrogen and oxygen atoms in total. The fraction of sp³-hybridized carbons (Fsp3) is 0.500. The first kappa shape index (κ1) is 12.8. The number of nitro benzene ring substituents is 1. The quantitative estimate of drug-likeness (QED) is 0.627. The van der Waals surface area contributed by atoms with Crippen LogP contribution < -0.4 is 5.32 Å². The van der Waals surface area contributed by atoms with Gasteiger partial charge in [0.1, 0.15) is 11.3 Å². The van der Waals surface area contributed by atoms with Crippen LogP contribution in [-0.4, -0.2) is 34.9 Å². The number of aliphatic hydroxyl groups is 1. The Hall–Kier alpha value is -1.66. The number of nitrogens with one attached hydrogen (secondary N) is 1. The zero-order valence-corrected chi connectivity index (χ0v) is 10.1. The van der Waals surface area contributed by atoms with Crippen molar-refractivity contribution in [3.05, 3.63) is 34.4 Å². The summed E-state index contributed by atoms with van der Waals surface area (Å²) in [5.41, 5.74) is -0.549. The fourth-order valence-corrected chi connectivity index (χ4v) is 2.03. The topological polar surface area (TPSA) is 84.6 Å². The number of benzene rings is 1. The van der Waals surface area contributed by atoms with E-state index < -0.39 is 10.5 Å². The van der Waals surface area contributed by atoms with E-state index in [1.807, 2.05) is 0 Å². The lowest BCUT2D eigenvalue weighted by atomic mass is 9.96. The largest absolute Gasteiger partial charge is 0.385 e. The van der Waals surface area contributed by atoms with Gasteiger partial charge in [0.05, 0.1) is 11.0 Å². The van der Waals surface area contributed by atoms with Crippen molar-refractivity contribution in [1.82, 2.24) is 0 Å². The highest BCUT2D eigenvalue weighted by molar-refractivity contribution is 5.61. The smallest absolute Gasteiger partial charge is 0.292 e. The molecule has 0 bridgehead atoms. The first-order valence-corrected chi connectivity index (χ1v) is 5.84. The minimum Gasteiger partial charge on any atom is -0.385 e. The van der Waals surface area contributed by atoms with Crippen molar-refractivity contribution >= 4 is 11.4 Å². The number of ether oxygens (including phenoxy) is 1. The number of para-hydroxylation sites is 2. The van der Waals surface area contributed by atoms with Gasteiger partial charge in [-0.15, -0.1) is 0 Å². The summed E-state index contributed by atoms with van der Waals surface area (Å²) < 4.78 is 5.31. The summed E-state index contributed by atoms with van der Waals surface area (Å²) in [7, 11) is 0. The molecule has 0 spiro atoms. The van der Waals surface area contributed by atoms with Crippen LogP contribution >= 0.6 is 0 Å². The van der Waals surface area contributed by atoms with E-state index in [9.17, 15) is 15.2 Å². The lowest BCUT2D eigenvalue weighted by Crippen LogP contribution is -2.43. The Kier molecular flexibility index (Phi) is 3.49. The Labute approximate surface area is 105 Å². The van der Waals surface area contributed by atoms with E-state index in [0.717, 1.165) is 0 Å². The number of hydrogen-bond acceptors (Lipinski definition) is 5. The molecule has 1 aliphatic heterocycles. The molecular formula is C12H16N2O4. The number of nitro groups is 1. The van der Waals surface area contributed by atoms with Gasteiger partial charge in [0.25, 0.3) is 5.69 Å². The molecule has 98 valence electrons. The lowest BCUT2D eigenvalue weighted by Gasteiger charge is -2.26. The molecule has 1 aromatic carbocycles. The van der Waals surface area contributed by atoms with Crippen molar-refractivity contribution in [3.8, 4) is 0 Å². The molecule has 1 fully saturated rings. The summed E-state index contributed by atoms with van der Waals surface area (Å²) in [5.74, 6) is 0. The summed E-state index contributed by atoms with van der Waals surface area (Å²) >= 11 is 0. The molecule has 2 atom stereocenters. The molecule has 6 heteroatoms. The Morgan fingerprint density at radius 3 is 2.94 bits per heavy atom. The van der Waals surface area contributed by atoms with Crippen LogP contribution in [-0.2, 0) is 4.74 Å². The molecule has 1 saturated heterocycles. The summed E-state index contributed by atoms with van der Waals surface area (Å²) in [6, 6.07) is 6.39. The maximum Gasteiger partial charge on any atom is 0.292 e. The normalized spacial score (nSPS) is 27.1. The minimum atomic E-state index is -0.969. The minimum absolute atomic E-state index is 0.00710. The third kappa shape index (κ3) is 2.44. The second kappa shape index (κ2) is 4.91. The molecule has 1 aromatic rings. The van der Waals surface area contributed by atoms with Crippen molar-refractivity contribution in [3.63, 3.8) is 0 Å². The van der Waals surface area contributed by atoms with E-state index >= 15 is 0 Å². The van der Waals surface area contributed by atoms with Crippen LogP contribution in [0.1, 0.15) is 13.3 Å². The Bertz CT molecular complexity index is 451. The molecule has 2 unspecified atom stereocenters. The van der Waals surface area contributed by atoms with Gasteiger partial charge in [-0.1, -0.05) is 12.1 Å². The molecule has 2 rings (SSSR count). The average molecular weight is 252 g/mol. The molecule has 18 heavy (non-hydrogen) atoms. The van der Waals surface area contributed by atoms with E-state index in [1.54, 1.807) is 25.1 Å². The first-order valence-electron chi connectivity index (χ1n) is 5.84. The molecule has 0 saturated carbocycles. The van der Waals surface area contributed by atoms with Crippen LogP contribution in [0.4, 0.5) is 11.4 Å². The maximum absolute atomic E-state index is 10.8. The van der Waals surface area contributed by atoms with Crippen molar-refractivity contribution in [2.75, 3.05) is 18.5 Å². The molecule has 0 amide bonds. The summed E-state index contributed by atoms with van der Waals surface area (Å²) in [4.78, 5) is 10.4. The van der Waals surface area contributed by atoms with Gasteiger partial charge in [0.15, 0.2) is 0 Å². The second-order valence-corrected chi connectivity index (χ2v) is 4.49. The highest BCUT2D eigenvalue weighted by Gasteiger charge is 2.39. The molecule has 1 heterocycles. The van der Waals surface area contributed by atoms with E-state index in [1.165, 1.54) is 6.07 Å². The Morgan fingerprint density at radius 1 is 1.61 bits per heavy atom. The van der Waals surface area contributed by atoms with Gasteiger partial charge < -0.3 is 15.2 Å². The van der Waals surface area contributed by atoms with Crippen LogP contribution in [0.3, 0.4) is 0 Å². The number of anilines is 1. The zero-order valence-electron chi connectivity index (χ0n) is 10.1.